The molecule has 0 radical (unpaired) electrons. The molecule has 0 aliphatic heterocycles. The molecule has 126 valence electrons. The molecule has 0 unspecified atom stereocenters. The summed E-state index contributed by atoms with van der Waals surface area (Å²) < 4.78 is 7.54. The zero-order chi connectivity index (χ0) is 15.5. The van der Waals surface area contributed by atoms with E-state index in [4.69, 9.17) is 15.4 Å². The smallest absolute Gasteiger partial charge is 0.278 e. The second kappa shape index (κ2) is 5.31. The first-order valence-electron chi connectivity index (χ1n) is 8.11. The molecule has 2 aromatic rings. The van der Waals surface area contributed by atoms with Gasteiger partial charge in [0, 0.05) is 11.6 Å². The molecule has 0 aromatic carbocycles. The molecule has 0 atom stereocenters. The highest BCUT2D eigenvalue weighted by Crippen LogP contribution is 2.43. The maximum absolute atomic E-state index is 6.27. The first-order valence-corrected chi connectivity index (χ1v) is 8.11. The number of aromatic nitrogens is 4. The van der Waals surface area contributed by atoms with Crippen LogP contribution in [0.1, 0.15) is 70.3 Å². The van der Waals surface area contributed by atoms with Crippen LogP contribution in [0.2, 0.25) is 0 Å². The number of hydrogen-bond acceptors (Lipinski definition) is 5. The van der Waals surface area contributed by atoms with Crippen molar-refractivity contribution in [3.63, 3.8) is 0 Å². The fourth-order valence-electron chi connectivity index (χ4n) is 3.02. The van der Waals surface area contributed by atoms with E-state index < -0.39 is 5.54 Å². The van der Waals surface area contributed by atoms with Gasteiger partial charge in [-0.25, -0.2) is 0 Å². The standard InChI is InChI=1S/C16H23N5O.ClH/c1-15(2,3)21-12(10-5-6-10)9-11(19-21)13-18-14(20-22-13)16(17)7-4-8-16;/h9-10H,4-8,17H2,1-3H3;1H. The second-order valence-corrected chi connectivity index (χ2v) is 7.74. The maximum atomic E-state index is 6.27. The summed E-state index contributed by atoms with van der Waals surface area (Å²) in [7, 11) is 0. The largest absolute Gasteiger partial charge is 0.332 e. The Labute approximate surface area is 142 Å². The van der Waals surface area contributed by atoms with Gasteiger partial charge in [0.05, 0.1) is 11.1 Å². The van der Waals surface area contributed by atoms with Gasteiger partial charge < -0.3 is 10.3 Å². The monoisotopic (exact) mass is 337 g/mol. The van der Waals surface area contributed by atoms with Gasteiger partial charge in [0.25, 0.3) is 5.89 Å². The van der Waals surface area contributed by atoms with Gasteiger partial charge in [0.1, 0.15) is 0 Å². The van der Waals surface area contributed by atoms with Crippen LogP contribution in [0.4, 0.5) is 0 Å². The lowest BCUT2D eigenvalue weighted by Gasteiger charge is -2.34. The van der Waals surface area contributed by atoms with E-state index in [1.54, 1.807) is 0 Å². The molecule has 0 bridgehead atoms. The third-order valence-electron chi connectivity index (χ3n) is 4.70. The zero-order valence-electron chi connectivity index (χ0n) is 13.9. The van der Waals surface area contributed by atoms with Crippen LogP contribution in [0.5, 0.6) is 0 Å². The van der Waals surface area contributed by atoms with E-state index in [1.165, 1.54) is 18.5 Å². The molecule has 0 saturated heterocycles. The van der Waals surface area contributed by atoms with Crippen LogP contribution >= 0.6 is 12.4 Å². The van der Waals surface area contributed by atoms with Crippen molar-refractivity contribution in [2.45, 2.75) is 69.9 Å². The quantitative estimate of drug-likeness (QED) is 0.928. The minimum absolute atomic E-state index is 0. The molecule has 2 N–H and O–H groups in total. The Balaban J connectivity index is 0.00000156. The highest BCUT2D eigenvalue weighted by Gasteiger charge is 2.39. The van der Waals surface area contributed by atoms with Crippen LogP contribution in [0, 0.1) is 0 Å². The number of hydrogen-bond donors (Lipinski definition) is 1. The van der Waals surface area contributed by atoms with Crippen molar-refractivity contribution in [1.29, 1.82) is 0 Å². The van der Waals surface area contributed by atoms with Crippen molar-refractivity contribution < 1.29 is 4.52 Å². The van der Waals surface area contributed by atoms with Gasteiger partial charge in [-0.2, -0.15) is 10.1 Å². The summed E-state index contributed by atoms with van der Waals surface area (Å²) in [6, 6.07) is 2.10. The molecule has 23 heavy (non-hydrogen) atoms. The second-order valence-electron chi connectivity index (χ2n) is 7.74. The lowest BCUT2D eigenvalue weighted by atomic mass is 9.77. The van der Waals surface area contributed by atoms with Gasteiger partial charge in [0.2, 0.25) is 0 Å². The topological polar surface area (TPSA) is 82.8 Å². The molecular weight excluding hydrogens is 314 g/mol. The Bertz CT molecular complexity index is 706. The highest BCUT2D eigenvalue weighted by molar-refractivity contribution is 5.85. The Kier molecular flexibility index (Phi) is 3.80. The van der Waals surface area contributed by atoms with Gasteiger partial charge in [-0.1, -0.05) is 5.16 Å². The Morgan fingerprint density at radius 1 is 1.30 bits per heavy atom. The molecule has 7 heteroatoms. The molecule has 2 aliphatic rings. The molecule has 2 fully saturated rings. The average Bonchev–Trinajstić information content (AvgIpc) is 2.98. The van der Waals surface area contributed by atoms with Gasteiger partial charge in [0.15, 0.2) is 11.5 Å². The molecule has 0 amide bonds. The van der Waals surface area contributed by atoms with Crippen LogP contribution < -0.4 is 5.73 Å². The fraction of sp³-hybridized carbons (Fsp3) is 0.688. The van der Waals surface area contributed by atoms with E-state index in [0.717, 1.165) is 25.0 Å². The minimum atomic E-state index is -0.395. The van der Waals surface area contributed by atoms with Gasteiger partial charge in [-0.3, -0.25) is 4.68 Å². The zero-order valence-corrected chi connectivity index (χ0v) is 14.7. The molecular formula is C16H24ClN5O. The summed E-state index contributed by atoms with van der Waals surface area (Å²) in [4.78, 5) is 4.51. The summed E-state index contributed by atoms with van der Waals surface area (Å²) in [5.74, 6) is 1.72. The molecule has 2 aromatic heterocycles. The highest BCUT2D eigenvalue weighted by atomic mass is 35.5. The van der Waals surface area contributed by atoms with E-state index in [2.05, 4.69) is 41.7 Å². The van der Waals surface area contributed by atoms with E-state index in [9.17, 15) is 0 Å². The molecule has 4 rings (SSSR count). The first kappa shape index (κ1) is 16.5. The predicted octanol–water partition coefficient (Wildman–Crippen LogP) is 3.33. The van der Waals surface area contributed by atoms with E-state index in [-0.39, 0.29) is 17.9 Å². The SMILES string of the molecule is CC(C)(C)n1nc(-c2nc(C3(N)CCC3)no2)cc1C1CC1.Cl. The predicted molar refractivity (Wildman–Crippen MR) is 89.5 cm³/mol. The summed E-state index contributed by atoms with van der Waals surface area (Å²) in [5.41, 5.74) is 7.85. The van der Waals surface area contributed by atoms with Crippen LogP contribution in [-0.4, -0.2) is 19.9 Å². The Morgan fingerprint density at radius 2 is 2.00 bits per heavy atom. The maximum Gasteiger partial charge on any atom is 0.278 e. The van der Waals surface area contributed by atoms with E-state index in [0.29, 0.717) is 17.6 Å². The molecule has 2 aliphatic carbocycles. The van der Waals surface area contributed by atoms with Crippen LogP contribution in [0.15, 0.2) is 10.6 Å². The van der Waals surface area contributed by atoms with Crippen molar-refractivity contribution in [1.82, 2.24) is 19.9 Å². The van der Waals surface area contributed by atoms with Crippen molar-refractivity contribution in [3.05, 3.63) is 17.6 Å². The third-order valence-corrected chi connectivity index (χ3v) is 4.70. The minimum Gasteiger partial charge on any atom is -0.332 e. The van der Waals surface area contributed by atoms with Gasteiger partial charge >= 0.3 is 0 Å². The van der Waals surface area contributed by atoms with Crippen LogP contribution in [0.25, 0.3) is 11.6 Å². The Morgan fingerprint density at radius 3 is 2.52 bits per heavy atom. The fourth-order valence-corrected chi connectivity index (χ4v) is 3.02. The van der Waals surface area contributed by atoms with E-state index in [1.807, 2.05) is 0 Å². The lowest BCUT2D eigenvalue weighted by Crippen LogP contribution is -2.44. The summed E-state index contributed by atoms with van der Waals surface area (Å²) in [5, 5.41) is 8.82. The first-order chi connectivity index (χ1) is 10.4. The summed E-state index contributed by atoms with van der Waals surface area (Å²) >= 11 is 0. The molecule has 6 nitrogen and oxygen atoms in total. The normalized spacial score (nSPS) is 20.0. The van der Waals surface area contributed by atoms with E-state index >= 15 is 0 Å². The van der Waals surface area contributed by atoms with Gasteiger partial charge in [-0.05, 0) is 58.9 Å². The number of rotatable bonds is 3. The molecule has 2 heterocycles. The third kappa shape index (κ3) is 2.78. The van der Waals surface area contributed by atoms with Crippen LogP contribution in [0.3, 0.4) is 0 Å². The molecule has 2 saturated carbocycles. The van der Waals surface area contributed by atoms with Crippen molar-refractivity contribution >= 4 is 12.4 Å². The van der Waals surface area contributed by atoms with Crippen molar-refractivity contribution in [2.24, 2.45) is 5.73 Å². The summed E-state index contributed by atoms with van der Waals surface area (Å²) in [6.07, 6.45) is 5.46. The van der Waals surface area contributed by atoms with Crippen molar-refractivity contribution in [3.8, 4) is 11.6 Å². The number of nitrogens with two attached hydrogens (primary N) is 1. The van der Waals surface area contributed by atoms with Crippen molar-refractivity contribution in [2.75, 3.05) is 0 Å². The Hall–Kier alpha value is -1.40. The lowest BCUT2D eigenvalue weighted by molar-refractivity contribution is 0.229. The number of nitrogens with zero attached hydrogens (tertiary/aromatic N) is 4. The van der Waals surface area contributed by atoms with Gasteiger partial charge in [-0.15, -0.1) is 12.4 Å². The number of halogens is 1. The van der Waals surface area contributed by atoms with Crippen LogP contribution in [-0.2, 0) is 11.1 Å². The summed E-state index contributed by atoms with van der Waals surface area (Å²) in [6.45, 7) is 6.49. The average molecular weight is 338 g/mol. The molecule has 0 spiro atoms.